The number of hydrogen-bond acceptors (Lipinski definition) is 0. The monoisotopic (exact) mass is 507 g/mol. The molecule has 0 N–H and O–H groups in total. The Labute approximate surface area is 210 Å². The van der Waals surface area contributed by atoms with Crippen molar-refractivity contribution in [3.8, 4) is 11.1 Å². The second kappa shape index (κ2) is 10.7. The fraction of sp³-hybridized carbons (Fsp3) is 0.148. The smallest absolute Gasteiger partial charge is 1.00 e. The Morgan fingerprint density at radius 2 is 1.37 bits per heavy atom. The van der Waals surface area contributed by atoms with Gasteiger partial charge in [-0.2, -0.15) is 6.07 Å². The van der Waals surface area contributed by atoms with Crippen LogP contribution in [0.3, 0.4) is 0 Å². The van der Waals surface area contributed by atoms with Gasteiger partial charge in [0.15, 0.2) is 0 Å². The number of unbranched alkanes of at least 4 members (excludes halogenated alkanes) is 1. The molecule has 5 aromatic rings. The first-order valence-corrected chi connectivity index (χ1v) is 9.94. The van der Waals surface area contributed by atoms with Crippen LogP contribution in [0.2, 0.25) is 0 Å². The minimum absolute atomic E-state index is 0. The van der Waals surface area contributed by atoms with Crippen molar-refractivity contribution in [2.45, 2.75) is 26.2 Å². The van der Waals surface area contributed by atoms with Gasteiger partial charge >= 0.3 is 26.2 Å². The van der Waals surface area contributed by atoms with Crippen molar-refractivity contribution >= 4 is 32.3 Å². The zero-order chi connectivity index (χ0) is 18.2. The molecular weight excluding hydrogens is 486 g/mol. The van der Waals surface area contributed by atoms with E-state index in [2.05, 4.69) is 91.9 Å². The summed E-state index contributed by atoms with van der Waals surface area (Å²) in [5.41, 5.74) is 4.14. The van der Waals surface area contributed by atoms with Crippen LogP contribution >= 0.6 is 0 Å². The van der Waals surface area contributed by atoms with Crippen molar-refractivity contribution in [3.63, 3.8) is 0 Å². The van der Waals surface area contributed by atoms with Crippen molar-refractivity contribution in [2.75, 3.05) is 0 Å². The Bertz CT molecular complexity index is 1270. The van der Waals surface area contributed by atoms with E-state index in [4.69, 9.17) is 0 Å². The van der Waals surface area contributed by atoms with Gasteiger partial charge in [-0.25, -0.2) is 0 Å². The van der Waals surface area contributed by atoms with Gasteiger partial charge in [-0.3, -0.25) is 0 Å². The Kier molecular flexibility index (Phi) is 8.80. The fourth-order valence-corrected chi connectivity index (χ4v) is 4.33. The van der Waals surface area contributed by atoms with Gasteiger partial charge in [0.05, 0.1) is 0 Å². The minimum atomic E-state index is 0. The van der Waals surface area contributed by atoms with Crippen molar-refractivity contribution in [3.05, 3.63) is 90.5 Å². The molecule has 0 heterocycles. The zero-order valence-corrected chi connectivity index (χ0v) is 20.9. The maximum atomic E-state index is 2.41. The summed E-state index contributed by atoms with van der Waals surface area (Å²) in [5.74, 6) is 0. The average Bonchev–Trinajstić information content (AvgIpc) is 3.15. The predicted molar refractivity (Wildman–Crippen MR) is 119 cm³/mol. The molecule has 0 fully saturated rings. The molecule has 1 radical (unpaired) electrons. The van der Waals surface area contributed by atoms with Gasteiger partial charge in [-0.1, -0.05) is 79.9 Å². The molecule has 30 heavy (non-hydrogen) atoms. The number of halogens is 2. The van der Waals surface area contributed by atoms with Crippen LogP contribution in [0.4, 0.5) is 0 Å². The molecule has 0 aliphatic rings. The van der Waals surface area contributed by atoms with Gasteiger partial charge < -0.3 is 24.8 Å². The maximum absolute atomic E-state index is 2.41. The molecule has 0 amide bonds. The molecule has 0 unspecified atom stereocenters. The Hall–Kier alpha value is -1.53. The number of aryl methyl sites for hydroxylation is 1. The largest absolute Gasteiger partial charge is 3.00 e. The van der Waals surface area contributed by atoms with E-state index in [1.54, 1.807) is 0 Å². The standard InChI is InChI=1S/C27H23.2ClH.Zr/c1-2-3-9-19-16-20-11-8-15-25(26(20)17-19)27-18-21-10-4-5-12-22(21)23-13-6-7-14-24(23)27;;;/h4-8,10-18H,2-3,9H2,1H3;2*1H;/q-1;;;+3/p-2. The normalized spacial score (nSPS) is 10.4. The first kappa shape index (κ1) is 24.7. The summed E-state index contributed by atoms with van der Waals surface area (Å²) in [6.45, 7) is 2.26. The maximum Gasteiger partial charge on any atom is 3.00 e. The van der Waals surface area contributed by atoms with Gasteiger partial charge in [0, 0.05) is 0 Å². The summed E-state index contributed by atoms with van der Waals surface area (Å²) in [5, 5.41) is 8.04. The second-order valence-corrected chi connectivity index (χ2v) is 7.47. The minimum Gasteiger partial charge on any atom is -1.00 e. The van der Waals surface area contributed by atoms with Gasteiger partial charge in [0.2, 0.25) is 0 Å². The van der Waals surface area contributed by atoms with Crippen LogP contribution in [0, 0.1) is 0 Å². The summed E-state index contributed by atoms with van der Waals surface area (Å²) < 4.78 is 0. The van der Waals surface area contributed by atoms with E-state index in [9.17, 15) is 0 Å². The summed E-state index contributed by atoms with van der Waals surface area (Å²) >= 11 is 0. The van der Waals surface area contributed by atoms with Gasteiger partial charge in [-0.15, -0.1) is 34.5 Å². The van der Waals surface area contributed by atoms with E-state index < -0.39 is 0 Å². The van der Waals surface area contributed by atoms with E-state index in [1.165, 1.54) is 68.3 Å². The molecule has 149 valence electrons. The van der Waals surface area contributed by atoms with E-state index >= 15 is 0 Å². The first-order chi connectivity index (χ1) is 13.3. The summed E-state index contributed by atoms with van der Waals surface area (Å²) in [7, 11) is 0. The van der Waals surface area contributed by atoms with Crippen LogP contribution in [0.25, 0.3) is 43.4 Å². The summed E-state index contributed by atoms with van der Waals surface area (Å²) in [6, 6.07) is 31.4. The molecule has 0 saturated heterocycles. The quantitative estimate of drug-likeness (QED) is 0.257. The Morgan fingerprint density at radius 3 is 2.13 bits per heavy atom. The van der Waals surface area contributed by atoms with Crippen molar-refractivity contribution < 1.29 is 51.0 Å². The van der Waals surface area contributed by atoms with Crippen LogP contribution in [-0.2, 0) is 32.6 Å². The number of rotatable bonds is 4. The molecular formula is C27H23Cl2Zr. The van der Waals surface area contributed by atoms with Crippen LogP contribution in [0.15, 0.2) is 84.9 Å². The van der Waals surface area contributed by atoms with Crippen molar-refractivity contribution in [1.29, 1.82) is 0 Å². The van der Waals surface area contributed by atoms with Crippen molar-refractivity contribution in [2.24, 2.45) is 0 Å². The predicted octanol–water partition coefficient (Wildman–Crippen LogP) is 1.88. The van der Waals surface area contributed by atoms with Gasteiger partial charge in [0.25, 0.3) is 0 Å². The molecule has 0 aliphatic carbocycles. The van der Waals surface area contributed by atoms with Crippen LogP contribution in [0.1, 0.15) is 25.3 Å². The molecule has 0 aliphatic heterocycles. The summed E-state index contributed by atoms with van der Waals surface area (Å²) in [4.78, 5) is 0. The molecule has 0 bridgehead atoms. The van der Waals surface area contributed by atoms with E-state index in [0.717, 1.165) is 0 Å². The molecule has 3 heteroatoms. The SMILES string of the molecule is CCCCc1cc2c(-c3cc4ccccc4c4ccccc34)cccc2[cH-]1.[Cl-].[Cl-].[Zr+3]. The molecule has 0 spiro atoms. The zero-order valence-electron chi connectivity index (χ0n) is 17.0. The van der Waals surface area contributed by atoms with E-state index in [0.29, 0.717) is 0 Å². The molecule has 5 aromatic carbocycles. The third-order valence-electron chi connectivity index (χ3n) is 5.69. The van der Waals surface area contributed by atoms with E-state index in [-0.39, 0.29) is 51.0 Å². The first-order valence-electron chi connectivity index (χ1n) is 9.94. The molecule has 0 saturated carbocycles. The number of benzene rings is 4. The second-order valence-electron chi connectivity index (χ2n) is 7.47. The Morgan fingerprint density at radius 1 is 0.667 bits per heavy atom. The molecule has 0 atom stereocenters. The molecule has 0 nitrogen and oxygen atoms in total. The molecule has 0 aromatic heterocycles. The summed E-state index contributed by atoms with van der Waals surface area (Å²) in [6.07, 6.45) is 3.66. The fourth-order valence-electron chi connectivity index (χ4n) is 4.33. The van der Waals surface area contributed by atoms with Gasteiger partial charge in [-0.05, 0) is 39.6 Å². The Balaban J connectivity index is 0.00000107. The van der Waals surface area contributed by atoms with Crippen LogP contribution in [-0.4, -0.2) is 0 Å². The van der Waals surface area contributed by atoms with E-state index in [1.807, 2.05) is 0 Å². The number of fused-ring (bicyclic) bond motifs is 4. The van der Waals surface area contributed by atoms with Crippen molar-refractivity contribution in [1.82, 2.24) is 0 Å². The van der Waals surface area contributed by atoms with Crippen LogP contribution in [0.5, 0.6) is 0 Å². The third-order valence-corrected chi connectivity index (χ3v) is 5.69. The topological polar surface area (TPSA) is 0 Å². The van der Waals surface area contributed by atoms with Gasteiger partial charge in [0.1, 0.15) is 0 Å². The molecule has 5 rings (SSSR count). The average molecular weight is 510 g/mol. The third kappa shape index (κ3) is 4.40. The number of hydrogen-bond donors (Lipinski definition) is 0. The van der Waals surface area contributed by atoms with Crippen LogP contribution < -0.4 is 24.8 Å².